The number of rotatable bonds is 5. The molecule has 0 unspecified atom stereocenters. The molecule has 0 atom stereocenters. The van der Waals surface area contributed by atoms with Crippen LogP contribution in [0, 0.1) is 15.9 Å². The highest BCUT2D eigenvalue weighted by atomic mass is 19.1. The molecule has 0 saturated heterocycles. The van der Waals surface area contributed by atoms with E-state index in [0.717, 1.165) is 18.2 Å². The number of hydrogen-bond acceptors (Lipinski definition) is 4. The van der Waals surface area contributed by atoms with Crippen LogP contribution in [0.5, 0.6) is 5.75 Å². The minimum Gasteiger partial charge on any atom is -0.478 e. The first-order chi connectivity index (χ1) is 9.58. The molecule has 102 valence electrons. The van der Waals surface area contributed by atoms with Crippen molar-refractivity contribution in [1.82, 2.24) is 0 Å². The van der Waals surface area contributed by atoms with E-state index >= 15 is 0 Å². The van der Waals surface area contributed by atoms with Crippen molar-refractivity contribution < 1.29 is 18.8 Å². The molecule has 0 spiro atoms. The van der Waals surface area contributed by atoms with Gasteiger partial charge in [0.25, 0.3) is 0 Å². The van der Waals surface area contributed by atoms with Crippen LogP contribution in [-0.4, -0.2) is 17.3 Å². The number of carbonyl (C=O) groups excluding carboxylic acids is 1. The molecule has 6 heteroatoms. The van der Waals surface area contributed by atoms with Gasteiger partial charge in [0, 0.05) is 17.7 Å². The Balaban J connectivity index is 2.13. The van der Waals surface area contributed by atoms with Crippen LogP contribution < -0.4 is 4.74 Å². The van der Waals surface area contributed by atoms with E-state index in [1.807, 2.05) is 0 Å². The summed E-state index contributed by atoms with van der Waals surface area (Å²) in [5.41, 5.74) is 0.0406. The predicted molar refractivity (Wildman–Crippen MR) is 69.3 cm³/mol. The van der Waals surface area contributed by atoms with Gasteiger partial charge in [0.15, 0.2) is 18.1 Å². The normalized spacial score (nSPS) is 10.1. The van der Waals surface area contributed by atoms with Crippen molar-refractivity contribution in [1.29, 1.82) is 0 Å². The minimum absolute atomic E-state index is 0.265. The number of Topliss-reactive ketones (excluding diaryl/α,β-unsaturated/α-hetero) is 1. The molecule has 0 radical (unpaired) electrons. The predicted octanol–water partition coefficient (Wildman–Crippen LogP) is 3.00. The molecule has 0 fully saturated rings. The molecule has 5 nitrogen and oxygen atoms in total. The second-order valence-electron chi connectivity index (χ2n) is 3.95. The molecule has 0 amide bonds. The van der Waals surface area contributed by atoms with Gasteiger partial charge in [-0.2, -0.15) is 0 Å². The number of hydrogen-bond donors (Lipinski definition) is 0. The maximum atomic E-state index is 13.1. The van der Waals surface area contributed by atoms with Gasteiger partial charge < -0.3 is 4.74 Å². The number of ketones is 1. The van der Waals surface area contributed by atoms with E-state index in [9.17, 15) is 19.3 Å². The molecule has 0 aliphatic carbocycles. The average Bonchev–Trinajstić information content (AvgIpc) is 2.45. The SMILES string of the molecule is O=C(COc1cc(F)ccc1[N+](=O)[O-])c1ccccc1. The van der Waals surface area contributed by atoms with Crippen LogP contribution >= 0.6 is 0 Å². The Kier molecular flexibility index (Phi) is 4.05. The molecular weight excluding hydrogens is 265 g/mol. The van der Waals surface area contributed by atoms with E-state index in [0.29, 0.717) is 5.56 Å². The first kappa shape index (κ1) is 13.7. The zero-order valence-electron chi connectivity index (χ0n) is 10.3. The van der Waals surface area contributed by atoms with Gasteiger partial charge in [0.2, 0.25) is 0 Å². The van der Waals surface area contributed by atoms with Crippen LogP contribution in [0.15, 0.2) is 48.5 Å². The van der Waals surface area contributed by atoms with Crippen LogP contribution in [0.25, 0.3) is 0 Å². The molecule has 0 aromatic heterocycles. The zero-order chi connectivity index (χ0) is 14.5. The van der Waals surface area contributed by atoms with E-state index in [1.165, 1.54) is 0 Å². The second-order valence-corrected chi connectivity index (χ2v) is 3.95. The largest absolute Gasteiger partial charge is 0.478 e. The van der Waals surface area contributed by atoms with E-state index in [-0.39, 0.29) is 17.2 Å². The van der Waals surface area contributed by atoms with Crippen LogP contribution in [0.2, 0.25) is 0 Å². The summed E-state index contributed by atoms with van der Waals surface area (Å²) in [7, 11) is 0. The summed E-state index contributed by atoms with van der Waals surface area (Å²) in [6.07, 6.45) is 0. The smallest absolute Gasteiger partial charge is 0.311 e. The van der Waals surface area contributed by atoms with Crippen LogP contribution in [0.1, 0.15) is 10.4 Å². The third-order valence-corrected chi connectivity index (χ3v) is 2.57. The van der Waals surface area contributed by atoms with Gasteiger partial charge in [-0.1, -0.05) is 30.3 Å². The summed E-state index contributed by atoms with van der Waals surface area (Å²) in [6, 6.07) is 11.2. The fourth-order valence-corrected chi connectivity index (χ4v) is 1.61. The molecule has 0 bridgehead atoms. The van der Waals surface area contributed by atoms with E-state index in [2.05, 4.69) is 0 Å². The summed E-state index contributed by atoms with van der Waals surface area (Å²) < 4.78 is 18.1. The number of ether oxygens (including phenoxy) is 1. The molecule has 2 aromatic rings. The molecule has 0 saturated carbocycles. The second kappa shape index (κ2) is 5.92. The number of nitro benzene ring substituents is 1. The summed E-state index contributed by atoms with van der Waals surface area (Å²) in [5, 5.41) is 10.8. The molecule has 0 aliphatic rings. The van der Waals surface area contributed by atoms with Crippen molar-refractivity contribution >= 4 is 11.5 Å². The third-order valence-electron chi connectivity index (χ3n) is 2.57. The van der Waals surface area contributed by atoms with Gasteiger partial charge in [-0.3, -0.25) is 14.9 Å². The lowest BCUT2D eigenvalue weighted by molar-refractivity contribution is -0.385. The van der Waals surface area contributed by atoms with Gasteiger partial charge >= 0.3 is 5.69 Å². The third kappa shape index (κ3) is 3.17. The monoisotopic (exact) mass is 275 g/mol. The molecule has 0 aliphatic heterocycles. The lowest BCUT2D eigenvalue weighted by atomic mass is 10.1. The van der Waals surface area contributed by atoms with Gasteiger partial charge in [-0.25, -0.2) is 4.39 Å². The molecule has 2 rings (SSSR count). The van der Waals surface area contributed by atoms with Crippen molar-refractivity contribution in [3.63, 3.8) is 0 Å². The van der Waals surface area contributed by atoms with Crippen molar-refractivity contribution in [2.24, 2.45) is 0 Å². The van der Waals surface area contributed by atoms with E-state index < -0.39 is 17.3 Å². The topological polar surface area (TPSA) is 69.4 Å². The fraction of sp³-hybridized carbons (Fsp3) is 0.0714. The maximum Gasteiger partial charge on any atom is 0.311 e. The number of nitro groups is 1. The lowest BCUT2D eigenvalue weighted by Gasteiger charge is -2.06. The summed E-state index contributed by atoms with van der Waals surface area (Å²) in [5.74, 6) is -1.28. The molecule has 0 heterocycles. The average molecular weight is 275 g/mol. The first-order valence-corrected chi connectivity index (χ1v) is 5.73. The Hall–Kier alpha value is -2.76. The quantitative estimate of drug-likeness (QED) is 0.478. The highest BCUT2D eigenvalue weighted by Gasteiger charge is 2.17. The molecular formula is C14H10FNO4. The number of halogens is 1. The van der Waals surface area contributed by atoms with Crippen LogP contribution in [-0.2, 0) is 0 Å². The van der Waals surface area contributed by atoms with Gasteiger partial charge in [-0.15, -0.1) is 0 Å². The Morgan fingerprint density at radius 2 is 1.90 bits per heavy atom. The lowest BCUT2D eigenvalue weighted by Crippen LogP contribution is -2.12. The van der Waals surface area contributed by atoms with E-state index in [4.69, 9.17) is 4.74 Å². The summed E-state index contributed by atoms with van der Waals surface area (Å²) in [6.45, 7) is -0.395. The molecule has 2 aromatic carbocycles. The highest BCUT2D eigenvalue weighted by molar-refractivity contribution is 5.97. The standard InChI is InChI=1S/C14H10FNO4/c15-11-6-7-12(16(18)19)14(8-11)20-9-13(17)10-4-2-1-3-5-10/h1-8H,9H2. The fourth-order valence-electron chi connectivity index (χ4n) is 1.61. The van der Waals surface area contributed by atoms with E-state index in [1.54, 1.807) is 30.3 Å². The van der Waals surface area contributed by atoms with Crippen molar-refractivity contribution in [2.45, 2.75) is 0 Å². The Morgan fingerprint density at radius 1 is 1.20 bits per heavy atom. The Morgan fingerprint density at radius 3 is 2.55 bits per heavy atom. The van der Waals surface area contributed by atoms with Crippen LogP contribution in [0.4, 0.5) is 10.1 Å². The number of nitrogens with zero attached hydrogens (tertiary/aromatic N) is 1. The molecule has 20 heavy (non-hydrogen) atoms. The Bertz CT molecular complexity index is 643. The van der Waals surface area contributed by atoms with Gasteiger partial charge in [0.1, 0.15) is 5.82 Å². The van der Waals surface area contributed by atoms with Crippen molar-refractivity contribution in [3.8, 4) is 5.75 Å². The number of carbonyl (C=O) groups is 1. The highest BCUT2D eigenvalue weighted by Crippen LogP contribution is 2.27. The summed E-state index contributed by atoms with van der Waals surface area (Å²) >= 11 is 0. The maximum absolute atomic E-state index is 13.1. The van der Waals surface area contributed by atoms with Gasteiger partial charge in [0.05, 0.1) is 4.92 Å². The van der Waals surface area contributed by atoms with Crippen LogP contribution in [0.3, 0.4) is 0 Å². The minimum atomic E-state index is -0.693. The zero-order valence-corrected chi connectivity index (χ0v) is 10.3. The Labute approximate surface area is 113 Å². The summed E-state index contributed by atoms with van der Waals surface area (Å²) in [4.78, 5) is 21.9. The van der Waals surface area contributed by atoms with Crippen molar-refractivity contribution in [3.05, 3.63) is 70.0 Å². The number of benzene rings is 2. The van der Waals surface area contributed by atoms with Crippen molar-refractivity contribution in [2.75, 3.05) is 6.61 Å². The molecule has 0 N–H and O–H groups in total. The first-order valence-electron chi connectivity index (χ1n) is 5.73. The van der Waals surface area contributed by atoms with Gasteiger partial charge in [-0.05, 0) is 6.07 Å².